The summed E-state index contributed by atoms with van der Waals surface area (Å²) in [5.41, 5.74) is 4.77. The normalized spacial score (nSPS) is 11.4. The lowest BCUT2D eigenvalue weighted by Crippen LogP contribution is -2.41. The van der Waals surface area contributed by atoms with Crippen LogP contribution >= 0.6 is 0 Å². The molecule has 0 fully saturated rings. The van der Waals surface area contributed by atoms with E-state index < -0.39 is 11.4 Å². The van der Waals surface area contributed by atoms with Crippen molar-refractivity contribution in [3.63, 3.8) is 0 Å². The van der Waals surface area contributed by atoms with Crippen LogP contribution in [0.4, 0.5) is 4.39 Å². The van der Waals surface area contributed by atoms with E-state index in [4.69, 9.17) is 5.73 Å². The van der Waals surface area contributed by atoms with Crippen LogP contribution in [0.2, 0.25) is 0 Å². The lowest BCUT2D eigenvalue weighted by atomic mass is 9.96. The number of Topliss-reactive ketones (excluding diaryl/α,β-unsaturated/α-hetero) is 1. The maximum atomic E-state index is 12.7. The predicted octanol–water partition coefficient (Wildman–Crippen LogP) is 1.14. The molecular formula is C9H11FN2O. The Morgan fingerprint density at radius 3 is 2.62 bits per heavy atom. The minimum atomic E-state index is -0.991. The highest BCUT2D eigenvalue weighted by molar-refractivity contribution is 6.02. The van der Waals surface area contributed by atoms with E-state index in [1.807, 2.05) is 0 Å². The highest BCUT2D eigenvalue weighted by Gasteiger charge is 2.23. The Hall–Kier alpha value is -1.29. The average molecular weight is 182 g/mol. The molecule has 70 valence electrons. The van der Waals surface area contributed by atoms with Crippen molar-refractivity contribution in [2.45, 2.75) is 19.4 Å². The van der Waals surface area contributed by atoms with E-state index in [1.54, 1.807) is 13.8 Å². The fourth-order valence-electron chi connectivity index (χ4n) is 0.908. The van der Waals surface area contributed by atoms with E-state index in [-0.39, 0.29) is 11.3 Å². The Bertz CT molecular complexity index is 331. The molecule has 0 bridgehead atoms. The first-order chi connectivity index (χ1) is 5.91. The van der Waals surface area contributed by atoms with Crippen molar-refractivity contribution in [1.82, 2.24) is 4.98 Å². The molecular weight excluding hydrogens is 171 g/mol. The van der Waals surface area contributed by atoms with Gasteiger partial charge in [-0.2, -0.15) is 0 Å². The first-order valence-electron chi connectivity index (χ1n) is 3.85. The second kappa shape index (κ2) is 3.22. The summed E-state index contributed by atoms with van der Waals surface area (Å²) in [5.74, 6) is -0.852. The standard InChI is InChI=1S/C9H11FN2O/c1-9(2,11)8(13)6-3-7(10)5-12-4-6/h3-5H,11H2,1-2H3. The molecule has 0 aliphatic rings. The molecule has 4 heteroatoms. The van der Waals surface area contributed by atoms with E-state index in [2.05, 4.69) is 4.98 Å². The van der Waals surface area contributed by atoms with Crippen LogP contribution in [0.15, 0.2) is 18.5 Å². The molecule has 3 nitrogen and oxygen atoms in total. The summed E-state index contributed by atoms with van der Waals surface area (Å²) >= 11 is 0. The third kappa shape index (κ3) is 2.32. The van der Waals surface area contributed by atoms with Gasteiger partial charge in [0.15, 0.2) is 5.78 Å². The van der Waals surface area contributed by atoms with Crippen LogP contribution in [0.1, 0.15) is 24.2 Å². The number of nitrogens with two attached hydrogens (primary N) is 1. The SMILES string of the molecule is CC(C)(N)C(=O)c1cncc(F)c1. The third-order valence-corrected chi connectivity index (χ3v) is 1.55. The smallest absolute Gasteiger partial charge is 0.183 e. The van der Waals surface area contributed by atoms with Gasteiger partial charge in [-0.15, -0.1) is 0 Å². The minimum absolute atomic E-state index is 0.201. The number of aromatic nitrogens is 1. The highest BCUT2D eigenvalue weighted by Crippen LogP contribution is 2.09. The number of halogens is 1. The van der Waals surface area contributed by atoms with Crippen molar-refractivity contribution in [1.29, 1.82) is 0 Å². The Morgan fingerprint density at radius 1 is 1.54 bits per heavy atom. The van der Waals surface area contributed by atoms with E-state index in [0.29, 0.717) is 0 Å². The van der Waals surface area contributed by atoms with Gasteiger partial charge in [0.2, 0.25) is 0 Å². The molecule has 0 aliphatic heterocycles. The van der Waals surface area contributed by atoms with Crippen LogP contribution < -0.4 is 5.73 Å². The van der Waals surface area contributed by atoms with Gasteiger partial charge in [0.05, 0.1) is 11.7 Å². The van der Waals surface area contributed by atoms with Gasteiger partial charge < -0.3 is 5.73 Å². The zero-order valence-corrected chi connectivity index (χ0v) is 7.54. The van der Waals surface area contributed by atoms with Crippen molar-refractivity contribution in [2.75, 3.05) is 0 Å². The molecule has 0 spiro atoms. The van der Waals surface area contributed by atoms with Gasteiger partial charge in [-0.25, -0.2) is 4.39 Å². The molecule has 1 heterocycles. The summed E-state index contributed by atoms with van der Waals surface area (Å²) < 4.78 is 12.7. The highest BCUT2D eigenvalue weighted by atomic mass is 19.1. The first-order valence-corrected chi connectivity index (χ1v) is 3.85. The van der Waals surface area contributed by atoms with Crippen molar-refractivity contribution < 1.29 is 9.18 Å². The van der Waals surface area contributed by atoms with Crippen LogP contribution in [0.5, 0.6) is 0 Å². The average Bonchev–Trinajstić information content (AvgIpc) is 2.01. The second-order valence-corrected chi connectivity index (χ2v) is 3.44. The number of nitrogens with zero attached hydrogens (tertiary/aromatic N) is 1. The van der Waals surface area contributed by atoms with Gasteiger partial charge in [0.25, 0.3) is 0 Å². The van der Waals surface area contributed by atoms with E-state index in [9.17, 15) is 9.18 Å². The Balaban J connectivity index is 3.03. The maximum Gasteiger partial charge on any atom is 0.183 e. The quantitative estimate of drug-likeness (QED) is 0.698. The molecule has 0 unspecified atom stereocenters. The summed E-state index contributed by atoms with van der Waals surface area (Å²) in [5, 5.41) is 0. The third-order valence-electron chi connectivity index (χ3n) is 1.55. The van der Waals surface area contributed by atoms with Crippen LogP contribution in [0, 0.1) is 5.82 Å². The Kier molecular flexibility index (Phi) is 2.43. The van der Waals surface area contributed by atoms with Crippen molar-refractivity contribution in [3.8, 4) is 0 Å². The van der Waals surface area contributed by atoms with Gasteiger partial charge in [-0.05, 0) is 19.9 Å². The fourth-order valence-corrected chi connectivity index (χ4v) is 0.908. The van der Waals surface area contributed by atoms with Gasteiger partial charge in [0.1, 0.15) is 5.82 Å². The van der Waals surface area contributed by atoms with Gasteiger partial charge in [-0.3, -0.25) is 9.78 Å². The molecule has 0 amide bonds. The molecule has 1 rings (SSSR count). The fraction of sp³-hybridized carbons (Fsp3) is 0.333. The molecule has 0 saturated carbocycles. The topological polar surface area (TPSA) is 56.0 Å². The Morgan fingerprint density at radius 2 is 2.15 bits per heavy atom. The van der Waals surface area contributed by atoms with Gasteiger partial charge >= 0.3 is 0 Å². The molecule has 0 aromatic carbocycles. The zero-order chi connectivity index (χ0) is 10.1. The summed E-state index contributed by atoms with van der Waals surface area (Å²) in [6.45, 7) is 3.14. The monoisotopic (exact) mass is 182 g/mol. The summed E-state index contributed by atoms with van der Waals surface area (Å²) in [4.78, 5) is 15.1. The maximum absolute atomic E-state index is 12.7. The molecule has 1 aromatic heterocycles. The number of ketones is 1. The van der Waals surface area contributed by atoms with Crippen molar-refractivity contribution >= 4 is 5.78 Å². The Labute approximate surface area is 75.8 Å². The summed E-state index contributed by atoms with van der Waals surface area (Å²) in [6.07, 6.45) is 2.35. The van der Waals surface area contributed by atoms with Crippen LogP contribution in [-0.2, 0) is 0 Å². The number of carbonyl (C=O) groups excluding carboxylic acids is 1. The van der Waals surface area contributed by atoms with Crippen molar-refractivity contribution in [2.24, 2.45) is 5.73 Å². The molecule has 0 aliphatic carbocycles. The molecule has 0 atom stereocenters. The second-order valence-electron chi connectivity index (χ2n) is 3.44. The van der Waals surface area contributed by atoms with Gasteiger partial charge in [0, 0.05) is 11.8 Å². The minimum Gasteiger partial charge on any atom is -0.319 e. The van der Waals surface area contributed by atoms with Crippen LogP contribution in [0.25, 0.3) is 0 Å². The molecule has 0 radical (unpaired) electrons. The number of hydrogen-bond donors (Lipinski definition) is 1. The lowest BCUT2D eigenvalue weighted by molar-refractivity contribution is 0.0912. The van der Waals surface area contributed by atoms with Crippen molar-refractivity contribution in [3.05, 3.63) is 29.8 Å². The number of hydrogen-bond acceptors (Lipinski definition) is 3. The van der Waals surface area contributed by atoms with Crippen LogP contribution in [-0.4, -0.2) is 16.3 Å². The van der Waals surface area contributed by atoms with Crippen LogP contribution in [0.3, 0.4) is 0 Å². The first kappa shape index (κ1) is 9.80. The number of carbonyl (C=O) groups is 1. The van der Waals surface area contributed by atoms with E-state index in [0.717, 1.165) is 12.3 Å². The molecule has 2 N–H and O–H groups in total. The largest absolute Gasteiger partial charge is 0.319 e. The van der Waals surface area contributed by atoms with E-state index in [1.165, 1.54) is 6.20 Å². The van der Waals surface area contributed by atoms with E-state index >= 15 is 0 Å². The zero-order valence-electron chi connectivity index (χ0n) is 7.54. The number of rotatable bonds is 2. The molecule has 0 saturated heterocycles. The van der Waals surface area contributed by atoms with Gasteiger partial charge in [-0.1, -0.05) is 0 Å². The lowest BCUT2D eigenvalue weighted by Gasteiger charge is -2.16. The molecule has 1 aromatic rings. The summed E-state index contributed by atoms with van der Waals surface area (Å²) in [7, 11) is 0. The molecule has 13 heavy (non-hydrogen) atoms. The predicted molar refractivity (Wildman–Crippen MR) is 46.8 cm³/mol. The number of pyridine rings is 1. The summed E-state index contributed by atoms with van der Waals surface area (Å²) in [6, 6.07) is 1.13.